The molecule has 4 heteroatoms. The molecule has 15 heavy (non-hydrogen) atoms. The largest absolute Gasteiger partial charge is 0.397 e. The fourth-order valence-corrected chi connectivity index (χ4v) is 2.15. The van der Waals surface area contributed by atoms with Crippen molar-refractivity contribution in [2.75, 3.05) is 13.7 Å². The number of rotatable bonds is 4. The van der Waals surface area contributed by atoms with Crippen molar-refractivity contribution in [2.45, 2.75) is 40.7 Å². The van der Waals surface area contributed by atoms with Crippen molar-refractivity contribution in [2.24, 2.45) is 10.8 Å². The summed E-state index contributed by atoms with van der Waals surface area (Å²) in [6.45, 7) is 10.3. The molecule has 0 saturated heterocycles. The summed E-state index contributed by atoms with van der Waals surface area (Å²) in [7, 11) is 1.60. The lowest BCUT2D eigenvalue weighted by molar-refractivity contribution is 0.0377. The van der Waals surface area contributed by atoms with Crippen molar-refractivity contribution in [3.8, 4) is 0 Å². The van der Waals surface area contributed by atoms with Crippen LogP contribution in [0.3, 0.4) is 0 Å². The molecule has 0 aromatic heterocycles. The van der Waals surface area contributed by atoms with Crippen molar-refractivity contribution < 1.29 is 13.9 Å². The van der Waals surface area contributed by atoms with E-state index >= 15 is 0 Å². The van der Waals surface area contributed by atoms with Gasteiger partial charge in [-0.3, -0.25) is 0 Å². The molecule has 0 aliphatic rings. The van der Waals surface area contributed by atoms with Crippen LogP contribution in [0.5, 0.6) is 0 Å². The number of halogens is 1. The molecule has 0 aromatic rings. The minimum atomic E-state index is -1.49. The standard InChI is InChI=1S/C11H22FNO2/c1-10(2,3)8(13-9(12)14)11(4,5)7-15-6/h8H,7H2,1-6H3,(H,13,14). The minimum absolute atomic E-state index is 0.218. The van der Waals surface area contributed by atoms with Crippen molar-refractivity contribution in [1.82, 2.24) is 5.32 Å². The Kier molecular flexibility index (Phi) is 4.71. The first kappa shape index (κ1) is 14.4. The van der Waals surface area contributed by atoms with E-state index in [-0.39, 0.29) is 16.9 Å². The highest BCUT2D eigenvalue weighted by molar-refractivity contribution is 5.66. The average molecular weight is 219 g/mol. The third-order valence-corrected chi connectivity index (χ3v) is 2.42. The normalized spacial score (nSPS) is 14.9. The van der Waals surface area contributed by atoms with Gasteiger partial charge in [-0.1, -0.05) is 34.6 Å². The number of hydrogen-bond donors (Lipinski definition) is 1. The van der Waals surface area contributed by atoms with Crippen molar-refractivity contribution in [3.05, 3.63) is 0 Å². The van der Waals surface area contributed by atoms with Crippen molar-refractivity contribution >= 4 is 6.16 Å². The first-order valence-corrected chi connectivity index (χ1v) is 5.06. The molecule has 0 saturated carbocycles. The van der Waals surface area contributed by atoms with Crippen LogP contribution in [0.25, 0.3) is 0 Å². The van der Waals surface area contributed by atoms with Gasteiger partial charge >= 0.3 is 6.16 Å². The zero-order valence-electron chi connectivity index (χ0n) is 10.5. The van der Waals surface area contributed by atoms with Gasteiger partial charge in [-0.05, 0) is 5.41 Å². The maximum absolute atomic E-state index is 12.5. The molecule has 0 aliphatic heterocycles. The molecule has 1 atom stereocenters. The number of ether oxygens (including phenoxy) is 1. The van der Waals surface area contributed by atoms with E-state index in [0.717, 1.165) is 0 Å². The Balaban J connectivity index is 4.84. The maximum atomic E-state index is 12.5. The maximum Gasteiger partial charge on any atom is 0.397 e. The lowest BCUT2D eigenvalue weighted by Crippen LogP contribution is -2.53. The highest BCUT2D eigenvalue weighted by atomic mass is 19.1. The van der Waals surface area contributed by atoms with E-state index in [1.807, 2.05) is 34.6 Å². The monoisotopic (exact) mass is 219 g/mol. The summed E-state index contributed by atoms with van der Waals surface area (Å²) in [4.78, 5) is 10.5. The molecular weight excluding hydrogens is 197 g/mol. The smallest absolute Gasteiger partial charge is 0.384 e. The van der Waals surface area contributed by atoms with Gasteiger partial charge in [0.25, 0.3) is 0 Å². The van der Waals surface area contributed by atoms with Crippen LogP contribution in [-0.4, -0.2) is 25.9 Å². The van der Waals surface area contributed by atoms with Gasteiger partial charge in [-0.15, -0.1) is 4.39 Å². The fraction of sp³-hybridized carbons (Fsp3) is 0.909. The molecule has 0 bridgehead atoms. The molecule has 3 nitrogen and oxygen atoms in total. The lowest BCUT2D eigenvalue weighted by Gasteiger charge is -2.42. The van der Waals surface area contributed by atoms with Gasteiger partial charge in [0.15, 0.2) is 0 Å². The summed E-state index contributed by atoms with van der Waals surface area (Å²) in [5.74, 6) is 0. The second-order valence-electron chi connectivity index (χ2n) is 5.64. The number of methoxy groups -OCH3 is 1. The quantitative estimate of drug-likeness (QED) is 0.583. The molecule has 0 spiro atoms. The van der Waals surface area contributed by atoms with E-state index in [0.29, 0.717) is 6.61 Å². The highest BCUT2D eigenvalue weighted by Gasteiger charge is 2.39. The Morgan fingerprint density at radius 3 is 2.07 bits per heavy atom. The highest BCUT2D eigenvalue weighted by Crippen LogP contribution is 2.34. The number of carbonyl (C=O) groups excluding carboxylic acids is 1. The first-order valence-electron chi connectivity index (χ1n) is 5.06. The van der Waals surface area contributed by atoms with E-state index in [4.69, 9.17) is 4.74 Å². The topological polar surface area (TPSA) is 38.3 Å². The second-order valence-corrected chi connectivity index (χ2v) is 5.64. The summed E-state index contributed by atoms with van der Waals surface area (Å²) in [5, 5.41) is 2.36. The van der Waals surface area contributed by atoms with E-state index in [1.54, 1.807) is 7.11 Å². The molecule has 0 radical (unpaired) electrons. The van der Waals surface area contributed by atoms with Crippen LogP contribution in [0, 0.1) is 10.8 Å². The van der Waals surface area contributed by atoms with E-state index in [2.05, 4.69) is 5.32 Å². The Bertz CT molecular complexity index is 221. The van der Waals surface area contributed by atoms with Crippen LogP contribution < -0.4 is 5.32 Å². The zero-order valence-corrected chi connectivity index (χ0v) is 10.5. The zero-order chi connectivity index (χ0) is 12.3. The predicted octanol–water partition coefficient (Wildman–Crippen LogP) is 2.75. The molecule has 1 N–H and O–H groups in total. The van der Waals surface area contributed by atoms with Gasteiger partial charge in [0, 0.05) is 18.6 Å². The second kappa shape index (κ2) is 4.92. The number of amides is 1. The van der Waals surface area contributed by atoms with E-state index in [1.165, 1.54) is 0 Å². The Hall–Kier alpha value is -0.640. The van der Waals surface area contributed by atoms with Crippen LogP contribution in [0.15, 0.2) is 0 Å². The van der Waals surface area contributed by atoms with Gasteiger partial charge in [-0.2, -0.15) is 0 Å². The Morgan fingerprint density at radius 2 is 1.80 bits per heavy atom. The third kappa shape index (κ3) is 4.60. The predicted molar refractivity (Wildman–Crippen MR) is 58.5 cm³/mol. The van der Waals surface area contributed by atoms with Crippen LogP contribution in [-0.2, 0) is 4.74 Å². The molecule has 0 aliphatic carbocycles. The summed E-state index contributed by atoms with van der Waals surface area (Å²) in [6.07, 6.45) is -1.49. The minimum Gasteiger partial charge on any atom is -0.384 e. The molecule has 0 heterocycles. The first-order chi connectivity index (χ1) is 6.61. The Morgan fingerprint density at radius 1 is 1.33 bits per heavy atom. The molecule has 1 unspecified atom stereocenters. The van der Waals surface area contributed by atoms with Crippen LogP contribution in [0.1, 0.15) is 34.6 Å². The van der Waals surface area contributed by atoms with Crippen LogP contribution >= 0.6 is 0 Å². The fourth-order valence-electron chi connectivity index (χ4n) is 2.15. The number of hydrogen-bond acceptors (Lipinski definition) is 2. The van der Waals surface area contributed by atoms with Crippen LogP contribution in [0.4, 0.5) is 9.18 Å². The molecular formula is C11H22FNO2. The van der Waals surface area contributed by atoms with Gasteiger partial charge < -0.3 is 10.1 Å². The van der Waals surface area contributed by atoms with Crippen molar-refractivity contribution in [1.29, 1.82) is 0 Å². The Labute approximate surface area is 91.4 Å². The summed E-state index contributed by atoms with van der Waals surface area (Å²) in [6, 6.07) is -0.276. The SMILES string of the molecule is COCC(C)(C)C(NC(=O)F)C(C)(C)C. The van der Waals surface area contributed by atoms with Gasteiger partial charge in [0.2, 0.25) is 0 Å². The molecule has 0 fully saturated rings. The van der Waals surface area contributed by atoms with E-state index < -0.39 is 6.16 Å². The molecule has 0 rings (SSSR count). The summed E-state index contributed by atoms with van der Waals surface area (Å²) in [5.41, 5.74) is -0.529. The van der Waals surface area contributed by atoms with Crippen LogP contribution in [0.2, 0.25) is 0 Å². The molecule has 90 valence electrons. The summed E-state index contributed by atoms with van der Waals surface area (Å²) < 4.78 is 17.6. The average Bonchev–Trinajstić information content (AvgIpc) is 1.97. The van der Waals surface area contributed by atoms with Gasteiger partial charge in [0.1, 0.15) is 0 Å². The van der Waals surface area contributed by atoms with E-state index in [9.17, 15) is 9.18 Å². The lowest BCUT2D eigenvalue weighted by atomic mass is 9.71. The molecule has 0 aromatic carbocycles. The van der Waals surface area contributed by atoms with Gasteiger partial charge in [0.05, 0.1) is 6.61 Å². The number of nitrogens with one attached hydrogen (secondary N) is 1. The van der Waals surface area contributed by atoms with Crippen molar-refractivity contribution in [3.63, 3.8) is 0 Å². The van der Waals surface area contributed by atoms with Gasteiger partial charge in [-0.25, -0.2) is 4.79 Å². The molecule has 1 amide bonds. The summed E-state index contributed by atoms with van der Waals surface area (Å²) >= 11 is 0. The number of carbonyl (C=O) groups is 1. The third-order valence-electron chi connectivity index (χ3n) is 2.42.